The van der Waals surface area contributed by atoms with E-state index in [0.29, 0.717) is 0 Å². The van der Waals surface area contributed by atoms with E-state index in [4.69, 9.17) is 9.47 Å². The Labute approximate surface area is 124 Å². The molecule has 0 amide bonds. The third-order valence-electron chi connectivity index (χ3n) is 3.02. The zero-order valence-corrected chi connectivity index (χ0v) is 13.2. The van der Waals surface area contributed by atoms with E-state index in [1.165, 1.54) is 0 Å². The molecule has 2 rings (SSSR count). The Balaban J connectivity index is 2.42. The highest BCUT2D eigenvalue weighted by Crippen LogP contribution is 2.38. The van der Waals surface area contributed by atoms with E-state index in [1.807, 2.05) is 50.5 Å². The van der Waals surface area contributed by atoms with E-state index in [1.54, 1.807) is 18.4 Å². The van der Waals surface area contributed by atoms with Crippen LogP contribution in [0.1, 0.15) is 30.3 Å². The molecule has 1 aromatic carbocycles. The molecule has 0 aliphatic rings. The molecule has 4 heteroatoms. The second-order valence-corrected chi connectivity index (χ2v) is 5.73. The van der Waals surface area contributed by atoms with Crippen LogP contribution in [0.4, 0.5) is 0 Å². The van der Waals surface area contributed by atoms with Gasteiger partial charge in [0.2, 0.25) is 0 Å². The lowest BCUT2D eigenvalue weighted by molar-refractivity contribution is 0.238. The van der Waals surface area contributed by atoms with Crippen LogP contribution in [0.3, 0.4) is 0 Å². The minimum atomic E-state index is 0.0694. The lowest BCUT2D eigenvalue weighted by Gasteiger charge is -2.21. The normalized spacial score (nSPS) is 12.4. The van der Waals surface area contributed by atoms with Crippen molar-refractivity contribution in [3.63, 3.8) is 0 Å². The molecule has 20 heavy (non-hydrogen) atoms. The molecule has 0 radical (unpaired) electrons. The number of nitrogens with one attached hydrogen (secondary N) is 1. The Bertz CT molecular complexity index is 551. The van der Waals surface area contributed by atoms with Crippen LogP contribution in [-0.4, -0.2) is 20.3 Å². The van der Waals surface area contributed by atoms with Crippen LogP contribution >= 0.6 is 11.3 Å². The smallest absolute Gasteiger partial charge is 0.134 e. The van der Waals surface area contributed by atoms with Crippen LogP contribution in [0, 0.1) is 0 Å². The zero-order valence-electron chi connectivity index (χ0n) is 12.3. The molecular formula is C16H21NO2S. The standard InChI is InChI=1S/C16H21NO2S/c1-11(2)19-13-8-6-5-7-12(13)15(17-3)16-14(18-4)9-10-20-16/h5-11,15,17H,1-4H3. The summed E-state index contributed by atoms with van der Waals surface area (Å²) in [5.41, 5.74) is 1.13. The van der Waals surface area contributed by atoms with Crippen molar-refractivity contribution in [3.05, 3.63) is 46.2 Å². The molecule has 0 fully saturated rings. The van der Waals surface area contributed by atoms with Gasteiger partial charge in [-0.2, -0.15) is 0 Å². The van der Waals surface area contributed by atoms with Crippen LogP contribution in [-0.2, 0) is 0 Å². The maximum atomic E-state index is 5.92. The molecule has 0 bridgehead atoms. The maximum Gasteiger partial charge on any atom is 0.134 e. The van der Waals surface area contributed by atoms with Gasteiger partial charge in [-0.1, -0.05) is 18.2 Å². The molecular weight excluding hydrogens is 270 g/mol. The van der Waals surface area contributed by atoms with Gasteiger partial charge in [0.15, 0.2) is 0 Å². The summed E-state index contributed by atoms with van der Waals surface area (Å²) in [6, 6.07) is 10.2. The Hall–Kier alpha value is -1.52. The monoisotopic (exact) mass is 291 g/mol. The van der Waals surface area contributed by atoms with Gasteiger partial charge in [0.25, 0.3) is 0 Å². The van der Waals surface area contributed by atoms with Gasteiger partial charge in [0.05, 0.1) is 24.1 Å². The van der Waals surface area contributed by atoms with Crippen molar-refractivity contribution in [1.82, 2.24) is 5.32 Å². The van der Waals surface area contributed by atoms with Crippen LogP contribution in [0.5, 0.6) is 11.5 Å². The van der Waals surface area contributed by atoms with Crippen LogP contribution in [0.25, 0.3) is 0 Å². The lowest BCUT2D eigenvalue weighted by Crippen LogP contribution is -2.19. The van der Waals surface area contributed by atoms with Gasteiger partial charge >= 0.3 is 0 Å². The minimum Gasteiger partial charge on any atom is -0.496 e. The molecule has 2 aromatic rings. The summed E-state index contributed by atoms with van der Waals surface area (Å²) in [6.45, 7) is 4.08. The number of para-hydroxylation sites is 1. The van der Waals surface area contributed by atoms with E-state index in [0.717, 1.165) is 21.9 Å². The molecule has 3 nitrogen and oxygen atoms in total. The molecule has 0 saturated carbocycles. The van der Waals surface area contributed by atoms with Gasteiger partial charge in [-0.15, -0.1) is 11.3 Å². The third kappa shape index (κ3) is 3.14. The topological polar surface area (TPSA) is 30.5 Å². The number of ether oxygens (including phenoxy) is 2. The van der Waals surface area contributed by atoms with Crippen LogP contribution in [0.15, 0.2) is 35.7 Å². The molecule has 1 atom stereocenters. The average Bonchev–Trinajstić information content (AvgIpc) is 2.89. The first kappa shape index (κ1) is 14.9. The highest BCUT2D eigenvalue weighted by atomic mass is 32.1. The predicted octanol–water partition coefficient (Wildman–Crippen LogP) is 3.85. The molecule has 0 saturated heterocycles. The van der Waals surface area contributed by atoms with Crippen molar-refractivity contribution in [2.24, 2.45) is 0 Å². The van der Waals surface area contributed by atoms with Crippen LogP contribution < -0.4 is 14.8 Å². The van der Waals surface area contributed by atoms with Gasteiger partial charge in [0, 0.05) is 5.56 Å². The van der Waals surface area contributed by atoms with E-state index < -0.39 is 0 Å². The summed E-state index contributed by atoms with van der Waals surface area (Å²) >= 11 is 1.69. The Morgan fingerprint density at radius 3 is 2.50 bits per heavy atom. The van der Waals surface area contributed by atoms with Gasteiger partial charge < -0.3 is 14.8 Å². The highest BCUT2D eigenvalue weighted by Gasteiger charge is 2.21. The lowest BCUT2D eigenvalue weighted by atomic mass is 10.0. The van der Waals surface area contributed by atoms with E-state index in [9.17, 15) is 0 Å². The largest absolute Gasteiger partial charge is 0.496 e. The first-order valence-electron chi connectivity index (χ1n) is 6.71. The van der Waals surface area contributed by atoms with Crippen molar-refractivity contribution in [2.45, 2.75) is 26.0 Å². The predicted molar refractivity (Wildman–Crippen MR) is 84.0 cm³/mol. The van der Waals surface area contributed by atoms with Crippen molar-refractivity contribution in [3.8, 4) is 11.5 Å². The third-order valence-corrected chi connectivity index (χ3v) is 3.98. The second-order valence-electron chi connectivity index (χ2n) is 4.78. The maximum absolute atomic E-state index is 5.92. The van der Waals surface area contributed by atoms with E-state index in [-0.39, 0.29) is 12.1 Å². The summed E-state index contributed by atoms with van der Waals surface area (Å²) in [5.74, 6) is 1.83. The van der Waals surface area contributed by atoms with E-state index >= 15 is 0 Å². The fourth-order valence-electron chi connectivity index (χ4n) is 2.20. The van der Waals surface area contributed by atoms with Gasteiger partial charge in [0.1, 0.15) is 11.5 Å². The number of hydrogen-bond donors (Lipinski definition) is 1. The van der Waals surface area contributed by atoms with Gasteiger partial charge in [-0.3, -0.25) is 0 Å². The molecule has 0 spiro atoms. The molecule has 0 aliphatic heterocycles. The number of thiophene rings is 1. The van der Waals surface area contributed by atoms with Crippen molar-refractivity contribution in [2.75, 3.05) is 14.2 Å². The first-order chi connectivity index (χ1) is 9.67. The van der Waals surface area contributed by atoms with Gasteiger partial charge in [-0.25, -0.2) is 0 Å². The summed E-state index contributed by atoms with van der Waals surface area (Å²) < 4.78 is 11.4. The fraction of sp³-hybridized carbons (Fsp3) is 0.375. The molecule has 0 aliphatic carbocycles. The molecule has 1 aromatic heterocycles. The number of methoxy groups -OCH3 is 1. The molecule has 108 valence electrons. The quantitative estimate of drug-likeness (QED) is 0.877. The summed E-state index contributed by atoms with van der Waals surface area (Å²) in [4.78, 5) is 1.16. The Kier molecular flexibility index (Phi) is 5.04. The second kappa shape index (κ2) is 6.77. The first-order valence-corrected chi connectivity index (χ1v) is 7.59. The summed E-state index contributed by atoms with van der Waals surface area (Å²) in [7, 11) is 3.66. The van der Waals surface area contributed by atoms with Crippen molar-refractivity contribution >= 4 is 11.3 Å². The molecule has 1 heterocycles. The number of hydrogen-bond acceptors (Lipinski definition) is 4. The van der Waals surface area contributed by atoms with Crippen molar-refractivity contribution in [1.29, 1.82) is 0 Å². The number of rotatable bonds is 6. The Morgan fingerprint density at radius 1 is 1.10 bits per heavy atom. The van der Waals surface area contributed by atoms with E-state index in [2.05, 4.69) is 11.4 Å². The molecule has 1 unspecified atom stereocenters. The zero-order chi connectivity index (χ0) is 14.5. The van der Waals surface area contributed by atoms with Crippen molar-refractivity contribution < 1.29 is 9.47 Å². The average molecular weight is 291 g/mol. The SMILES string of the molecule is CNC(c1ccccc1OC(C)C)c1sccc1OC. The summed E-state index contributed by atoms with van der Waals surface area (Å²) in [5, 5.41) is 5.41. The Morgan fingerprint density at radius 2 is 1.85 bits per heavy atom. The fourth-order valence-corrected chi connectivity index (χ4v) is 3.18. The van der Waals surface area contributed by atoms with Gasteiger partial charge in [-0.05, 0) is 38.4 Å². The number of benzene rings is 1. The molecule has 1 N–H and O–H groups in total. The highest BCUT2D eigenvalue weighted by molar-refractivity contribution is 7.10. The minimum absolute atomic E-state index is 0.0694. The van der Waals surface area contributed by atoms with Crippen LogP contribution in [0.2, 0.25) is 0 Å². The summed E-state index contributed by atoms with van der Waals surface area (Å²) in [6.07, 6.45) is 0.152.